The second-order valence-electron chi connectivity index (χ2n) is 6.51. The number of carbonyl (C=O) groups excluding carboxylic acids is 2. The van der Waals surface area contributed by atoms with Crippen LogP contribution < -0.4 is 9.47 Å². The standard InChI is InChI=1S/C24H30O6S2/c1-3-27-23(25)15-29-21-11-7-5-9-19(21)17-31-13-14-32-18-20-10-6-8-12-22(20)30-16-24(26)28-4-2/h5-12H,3-4,13-18H2,1-2H3. The van der Waals surface area contributed by atoms with E-state index in [0.29, 0.717) is 24.7 Å². The topological polar surface area (TPSA) is 71.1 Å². The number of thioether (sulfide) groups is 2. The van der Waals surface area contributed by atoms with Gasteiger partial charge in [-0.3, -0.25) is 0 Å². The summed E-state index contributed by atoms with van der Waals surface area (Å²) < 4.78 is 21.0. The van der Waals surface area contributed by atoms with Crippen LogP contribution >= 0.6 is 23.5 Å². The molecule has 174 valence electrons. The highest BCUT2D eigenvalue weighted by Crippen LogP contribution is 2.26. The maximum atomic E-state index is 11.5. The Hall–Kier alpha value is -2.32. The van der Waals surface area contributed by atoms with Crippen molar-refractivity contribution in [3.63, 3.8) is 0 Å². The van der Waals surface area contributed by atoms with Crippen LogP contribution in [0.3, 0.4) is 0 Å². The van der Waals surface area contributed by atoms with E-state index < -0.39 is 0 Å². The van der Waals surface area contributed by atoms with E-state index in [4.69, 9.17) is 18.9 Å². The van der Waals surface area contributed by atoms with Gasteiger partial charge in [0.15, 0.2) is 13.2 Å². The monoisotopic (exact) mass is 478 g/mol. The molecule has 0 aliphatic carbocycles. The Bertz CT molecular complexity index is 773. The minimum absolute atomic E-state index is 0.0803. The van der Waals surface area contributed by atoms with E-state index in [-0.39, 0.29) is 25.2 Å². The molecule has 6 nitrogen and oxygen atoms in total. The lowest BCUT2D eigenvalue weighted by atomic mass is 10.2. The Balaban J connectivity index is 1.71. The fraction of sp³-hybridized carbons (Fsp3) is 0.417. The van der Waals surface area contributed by atoms with Gasteiger partial charge < -0.3 is 18.9 Å². The van der Waals surface area contributed by atoms with Crippen LogP contribution in [0.2, 0.25) is 0 Å². The highest BCUT2D eigenvalue weighted by atomic mass is 32.2. The number of esters is 2. The first-order valence-corrected chi connectivity index (χ1v) is 12.8. The minimum Gasteiger partial charge on any atom is -0.482 e. The van der Waals surface area contributed by atoms with Gasteiger partial charge in [0.1, 0.15) is 11.5 Å². The van der Waals surface area contributed by atoms with Crippen LogP contribution in [0.15, 0.2) is 48.5 Å². The number of hydrogen-bond acceptors (Lipinski definition) is 8. The molecule has 8 heteroatoms. The molecule has 0 bridgehead atoms. The molecule has 0 atom stereocenters. The lowest BCUT2D eigenvalue weighted by Gasteiger charge is -2.12. The third-order valence-corrected chi connectivity index (χ3v) is 6.41. The summed E-state index contributed by atoms with van der Waals surface area (Å²) in [5.41, 5.74) is 2.12. The maximum Gasteiger partial charge on any atom is 0.344 e. The Morgan fingerprint density at radius 2 is 1.09 bits per heavy atom. The van der Waals surface area contributed by atoms with Crippen LogP contribution in [-0.4, -0.2) is 49.9 Å². The molecule has 0 saturated carbocycles. The number of ether oxygens (including phenoxy) is 4. The smallest absolute Gasteiger partial charge is 0.344 e. The van der Waals surface area contributed by atoms with Crippen LogP contribution in [0.4, 0.5) is 0 Å². The van der Waals surface area contributed by atoms with Gasteiger partial charge in [0.05, 0.1) is 13.2 Å². The first-order chi connectivity index (χ1) is 15.6. The predicted molar refractivity (Wildman–Crippen MR) is 129 cm³/mol. The summed E-state index contributed by atoms with van der Waals surface area (Å²) in [5, 5.41) is 0. The summed E-state index contributed by atoms with van der Waals surface area (Å²) in [4.78, 5) is 23.0. The van der Waals surface area contributed by atoms with Gasteiger partial charge >= 0.3 is 11.9 Å². The van der Waals surface area contributed by atoms with Crippen molar-refractivity contribution in [3.8, 4) is 11.5 Å². The van der Waals surface area contributed by atoms with Gasteiger partial charge in [-0.1, -0.05) is 36.4 Å². The second kappa shape index (κ2) is 15.5. The Labute approximate surface area is 198 Å². The van der Waals surface area contributed by atoms with E-state index in [1.165, 1.54) is 0 Å². The van der Waals surface area contributed by atoms with Gasteiger partial charge in [-0.05, 0) is 26.0 Å². The van der Waals surface area contributed by atoms with E-state index in [0.717, 1.165) is 34.1 Å². The number of para-hydroxylation sites is 2. The summed E-state index contributed by atoms with van der Waals surface area (Å²) >= 11 is 3.63. The molecule has 0 aliphatic rings. The lowest BCUT2D eigenvalue weighted by Crippen LogP contribution is -2.15. The SMILES string of the molecule is CCOC(=O)COc1ccccc1CSCCSCc1ccccc1OCC(=O)OCC. The zero-order chi connectivity index (χ0) is 23.0. The zero-order valence-electron chi connectivity index (χ0n) is 18.5. The highest BCUT2D eigenvalue weighted by molar-refractivity contribution is 8.02. The van der Waals surface area contributed by atoms with Crippen LogP contribution in [0, 0.1) is 0 Å². The summed E-state index contributed by atoms with van der Waals surface area (Å²) in [5.74, 6) is 4.26. The molecule has 0 heterocycles. The fourth-order valence-corrected chi connectivity index (χ4v) is 4.84. The molecule has 0 N–H and O–H groups in total. The zero-order valence-corrected chi connectivity index (χ0v) is 20.2. The quantitative estimate of drug-likeness (QED) is 0.269. The first kappa shape index (κ1) is 25.9. The predicted octanol–water partition coefficient (Wildman–Crippen LogP) is 4.74. The van der Waals surface area contributed by atoms with Crippen LogP contribution in [0.25, 0.3) is 0 Å². The summed E-state index contributed by atoms with van der Waals surface area (Å²) in [6.07, 6.45) is 0. The van der Waals surface area contributed by atoms with Gasteiger partial charge in [0, 0.05) is 34.1 Å². The molecule has 0 aromatic heterocycles. The Morgan fingerprint density at radius 1 is 0.688 bits per heavy atom. The molecule has 0 radical (unpaired) electrons. The van der Waals surface area contributed by atoms with E-state index in [2.05, 4.69) is 0 Å². The minimum atomic E-state index is -0.363. The summed E-state index contributed by atoms with van der Waals surface area (Å²) in [7, 11) is 0. The number of carbonyl (C=O) groups is 2. The molecule has 0 fully saturated rings. The van der Waals surface area contributed by atoms with Crippen molar-refractivity contribution in [1.29, 1.82) is 0 Å². The van der Waals surface area contributed by atoms with Crippen molar-refractivity contribution in [1.82, 2.24) is 0 Å². The summed E-state index contributed by atoms with van der Waals surface area (Å²) in [6, 6.07) is 15.5. The van der Waals surface area contributed by atoms with Crippen LogP contribution in [0.1, 0.15) is 25.0 Å². The molecule has 0 saturated heterocycles. The average Bonchev–Trinajstić information content (AvgIpc) is 2.80. The van der Waals surface area contributed by atoms with Crippen molar-refractivity contribution in [2.45, 2.75) is 25.4 Å². The van der Waals surface area contributed by atoms with E-state index in [9.17, 15) is 9.59 Å². The molecule has 2 aromatic rings. The van der Waals surface area contributed by atoms with Gasteiger partial charge in [0.2, 0.25) is 0 Å². The van der Waals surface area contributed by atoms with Crippen molar-refractivity contribution >= 4 is 35.5 Å². The molecule has 0 spiro atoms. The largest absolute Gasteiger partial charge is 0.482 e. The van der Waals surface area contributed by atoms with Crippen molar-refractivity contribution in [3.05, 3.63) is 59.7 Å². The second-order valence-corrected chi connectivity index (χ2v) is 8.72. The molecular formula is C24H30O6S2. The van der Waals surface area contributed by atoms with Gasteiger partial charge in [-0.25, -0.2) is 9.59 Å². The molecule has 2 aromatic carbocycles. The summed E-state index contributed by atoms with van der Waals surface area (Å²) in [6.45, 7) is 4.08. The Kier molecular flexibility index (Phi) is 12.5. The van der Waals surface area contributed by atoms with Crippen molar-refractivity contribution < 1.29 is 28.5 Å². The number of benzene rings is 2. The molecular weight excluding hydrogens is 448 g/mol. The molecule has 0 aliphatic heterocycles. The Morgan fingerprint density at radius 3 is 1.50 bits per heavy atom. The number of hydrogen-bond donors (Lipinski definition) is 0. The molecule has 32 heavy (non-hydrogen) atoms. The van der Waals surface area contributed by atoms with Crippen molar-refractivity contribution in [2.24, 2.45) is 0 Å². The highest BCUT2D eigenvalue weighted by Gasteiger charge is 2.09. The van der Waals surface area contributed by atoms with Crippen LogP contribution in [-0.2, 0) is 30.6 Å². The fourth-order valence-electron chi connectivity index (χ4n) is 2.69. The van der Waals surface area contributed by atoms with Gasteiger partial charge in [-0.2, -0.15) is 23.5 Å². The van der Waals surface area contributed by atoms with Gasteiger partial charge in [-0.15, -0.1) is 0 Å². The van der Waals surface area contributed by atoms with Crippen LogP contribution in [0.5, 0.6) is 11.5 Å². The normalized spacial score (nSPS) is 10.4. The average molecular weight is 479 g/mol. The van der Waals surface area contributed by atoms with E-state index in [1.54, 1.807) is 13.8 Å². The molecule has 0 amide bonds. The maximum absolute atomic E-state index is 11.5. The van der Waals surface area contributed by atoms with E-state index >= 15 is 0 Å². The first-order valence-electron chi connectivity index (χ1n) is 10.5. The number of rotatable bonds is 15. The third kappa shape index (κ3) is 9.87. The third-order valence-electron chi connectivity index (χ3n) is 4.13. The molecule has 0 unspecified atom stereocenters. The van der Waals surface area contributed by atoms with Crippen molar-refractivity contribution in [2.75, 3.05) is 37.9 Å². The van der Waals surface area contributed by atoms with Gasteiger partial charge in [0.25, 0.3) is 0 Å². The molecule has 2 rings (SSSR count). The lowest BCUT2D eigenvalue weighted by molar-refractivity contribution is -0.146. The van der Waals surface area contributed by atoms with E-state index in [1.807, 2.05) is 72.1 Å².